The highest BCUT2D eigenvalue weighted by molar-refractivity contribution is 9.10. The number of aromatic nitrogens is 2. The van der Waals surface area contributed by atoms with Crippen molar-refractivity contribution in [3.05, 3.63) is 16.4 Å². The average molecular weight is 279 g/mol. The molecule has 7 heteroatoms. The summed E-state index contributed by atoms with van der Waals surface area (Å²) < 4.78 is 5.83. The zero-order valence-electron chi connectivity index (χ0n) is 7.81. The van der Waals surface area contributed by atoms with E-state index in [9.17, 15) is 4.79 Å². The van der Waals surface area contributed by atoms with Gasteiger partial charge >= 0.3 is 5.97 Å². The Labute approximate surface area is 94.4 Å². The first kappa shape index (κ1) is 12.2. The van der Waals surface area contributed by atoms with Crippen molar-refractivity contribution in [2.45, 2.75) is 19.1 Å². The van der Waals surface area contributed by atoms with Gasteiger partial charge in [0.15, 0.2) is 6.10 Å². The van der Waals surface area contributed by atoms with Crippen LogP contribution in [0.2, 0.25) is 0 Å². The number of hydrogen-bond acceptors (Lipinski definition) is 4. The molecule has 0 amide bonds. The van der Waals surface area contributed by atoms with Gasteiger partial charge in [0.2, 0.25) is 0 Å². The van der Waals surface area contributed by atoms with Gasteiger partial charge in [0, 0.05) is 6.42 Å². The molecule has 0 saturated carbocycles. The van der Waals surface area contributed by atoms with E-state index < -0.39 is 12.1 Å². The number of carbonyl (C=O) groups is 1. The molecule has 0 saturated heterocycles. The van der Waals surface area contributed by atoms with Gasteiger partial charge in [0.25, 0.3) is 0 Å². The first-order valence-corrected chi connectivity index (χ1v) is 5.07. The van der Waals surface area contributed by atoms with Gasteiger partial charge in [-0.15, -0.1) is 0 Å². The Morgan fingerprint density at radius 2 is 2.47 bits per heavy atom. The molecule has 0 aliphatic carbocycles. The molecule has 1 aromatic rings. The van der Waals surface area contributed by atoms with Gasteiger partial charge in [-0.3, -0.25) is 5.10 Å². The molecule has 0 aromatic carbocycles. The van der Waals surface area contributed by atoms with Crippen molar-refractivity contribution >= 4 is 21.9 Å². The van der Waals surface area contributed by atoms with Crippen LogP contribution in [0.1, 0.15) is 12.1 Å². The Hall–Kier alpha value is -0.920. The number of aromatic amines is 1. The highest BCUT2D eigenvalue weighted by Gasteiger charge is 2.12. The van der Waals surface area contributed by atoms with Crippen molar-refractivity contribution < 1.29 is 19.7 Å². The monoisotopic (exact) mass is 278 g/mol. The maximum absolute atomic E-state index is 10.2. The Kier molecular flexibility index (Phi) is 4.73. The molecule has 1 unspecified atom stereocenters. The van der Waals surface area contributed by atoms with Gasteiger partial charge in [-0.25, -0.2) is 4.79 Å². The number of H-pyrrole nitrogens is 1. The van der Waals surface area contributed by atoms with E-state index in [4.69, 9.17) is 14.9 Å². The fraction of sp³-hybridized carbons (Fsp3) is 0.500. The predicted octanol–water partition coefficient (Wildman–Crippen LogP) is 0.524. The number of aliphatic hydroxyl groups is 1. The van der Waals surface area contributed by atoms with Crippen LogP contribution in [0.15, 0.2) is 10.7 Å². The van der Waals surface area contributed by atoms with Gasteiger partial charge in [-0.1, -0.05) is 0 Å². The minimum Gasteiger partial charge on any atom is -0.479 e. The highest BCUT2D eigenvalue weighted by atomic mass is 79.9. The molecule has 6 nitrogen and oxygen atoms in total. The van der Waals surface area contributed by atoms with Crippen LogP contribution in [0.5, 0.6) is 0 Å². The minimum absolute atomic E-state index is 0.0740. The molecule has 0 bridgehead atoms. The van der Waals surface area contributed by atoms with Gasteiger partial charge in [-0.05, 0) is 22.0 Å². The van der Waals surface area contributed by atoms with Gasteiger partial charge in [0.05, 0.1) is 18.9 Å². The number of carboxylic acid groups (broad SMARTS) is 1. The number of aliphatic carboxylic acids is 1. The number of aliphatic hydroxyl groups excluding tert-OH is 1. The van der Waals surface area contributed by atoms with E-state index in [0.29, 0.717) is 11.2 Å². The number of ether oxygens (including phenoxy) is 1. The summed E-state index contributed by atoms with van der Waals surface area (Å²) in [5, 5.41) is 23.8. The molecule has 0 spiro atoms. The Balaban J connectivity index is 2.14. The number of carboxylic acids is 1. The Bertz CT molecular complexity index is 328. The summed E-state index contributed by atoms with van der Waals surface area (Å²) in [5.74, 6) is -1.23. The highest BCUT2D eigenvalue weighted by Crippen LogP contribution is 2.07. The number of rotatable bonds is 6. The lowest BCUT2D eigenvalue weighted by molar-refractivity contribution is -0.147. The van der Waals surface area contributed by atoms with Gasteiger partial charge in [0.1, 0.15) is 4.60 Å². The van der Waals surface area contributed by atoms with Crippen LogP contribution in [0.25, 0.3) is 0 Å². The standard InChI is InChI=1S/C8H11BrN2O4/c9-7-3-5(10-11-7)4-15-2-1-6(12)8(13)14/h3,6,12H,1-2,4H2,(H,10,11)(H,13,14). The lowest BCUT2D eigenvalue weighted by Crippen LogP contribution is -2.21. The Morgan fingerprint density at radius 1 is 1.73 bits per heavy atom. The van der Waals surface area contributed by atoms with Crippen LogP contribution in [0.4, 0.5) is 0 Å². The molecule has 0 radical (unpaired) electrons. The molecule has 0 fully saturated rings. The van der Waals surface area contributed by atoms with E-state index in [1.54, 1.807) is 6.07 Å². The fourth-order valence-electron chi connectivity index (χ4n) is 0.908. The second-order valence-electron chi connectivity index (χ2n) is 2.91. The van der Waals surface area contributed by atoms with E-state index in [-0.39, 0.29) is 13.0 Å². The van der Waals surface area contributed by atoms with Gasteiger partial charge in [-0.2, -0.15) is 5.10 Å². The zero-order valence-corrected chi connectivity index (χ0v) is 9.40. The van der Waals surface area contributed by atoms with Crippen molar-refractivity contribution in [1.29, 1.82) is 0 Å². The molecule has 1 heterocycles. The largest absolute Gasteiger partial charge is 0.479 e. The molecule has 15 heavy (non-hydrogen) atoms. The van der Waals surface area contributed by atoms with Crippen LogP contribution >= 0.6 is 15.9 Å². The molecule has 0 aliphatic heterocycles. The summed E-state index contributed by atoms with van der Waals surface area (Å²) in [5.41, 5.74) is 0.784. The second kappa shape index (κ2) is 5.84. The first-order valence-electron chi connectivity index (χ1n) is 4.28. The lowest BCUT2D eigenvalue weighted by atomic mass is 10.3. The molecular formula is C8H11BrN2O4. The molecule has 0 aliphatic rings. The van der Waals surface area contributed by atoms with E-state index in [0.717, 1.165) is 5.69 Å². The topological polar surface area (TPSA) is 95.4 Å². The minimum atomic E-state index is -1.36. The fourth-order valence-corrected chi connectivity index (χ4v) is 1.27. The average Bonchev–Trinajstić information content (AvgIpc) is 2.58. The van der Waals surface area contributed by atoms with E-state index >= 15 is 0 Å². The van der Waals surface area contributed by atoms with E-state index in [1.807, 2.05) is 0 Å². The molecule has 3 N–H and O–H groups in total. The molecule has 84 valence electrons. The predicted molar refractivity (Wildman–Crippen MR) is 54.2 cm³/mol. The lowest BCUT2D eigenvalue weighted by Gasteiger charge is -2.05. The summed E-state index contributed by atoms with van der Waals surface area (Å²) in [6.07, 6.45) is -1.29. The SMILES string of the molecule is O=C(O)C(O)CCOCc1cc(Br)n[nH]1. The van der Waals surface area contributed by atoms with E-state index in [1.165, 1.54) is 0 Å². The molecule has 1 atom stereocenters. The summed E-state index contributed by atoms with van der Waals surface area (Å²) in [6.45, 7) is 0.495. The van der Waals surface area contributed by atoms with Crippen LogP contribution < -0.4 is 0 Å². The maximum Gasteiger partial charge on any atom is 0.332 e. The second-order valence-corrected chi connectivity index (χ2v) is 3.72. The van der Waals surface area contributed by atoms with Crippen molar-refractivity contribution in [2.24, 2.45) is 0 Å². The maximum atomic E-state index is 10.2. The summed E-state index contributed by atoms with van der Waals surface area (Å²) in [6, 6.07) is 1.76. The number of hydrogen-bond donors (Lipinski definition) is 3. The Morgan fingerprint density at radius 3 is 3.00 bits per heavy atom. The summed E-state index contributed by atoms with van der Waals surface area (Å²) in [7, 11) is 0. The number of nitrogens with one attached hydrogen (secondary N) is 1. The molecular weight excluding hydrogens is 268 g/mol. The third kappa shape index (κ3) is 4.41. The van der Waals surface area contributed by atoms with Crippen LogP contribution in [-0.2, 0) is 16.1 Å². The van der Waals surface area contributed by atoms with Crippen LogP contribution in [0.3, 0.4) is 0 Å². The molecule has 1 rings (SSSR count). The van der Waals surface area contributed by atoms with Crippen LogP contribution in [-0.4, -0.2) is 39.1 Å². The summed E-state index contributed by atoms with van der Waals surface area (Å²) in [4.78, 5) is 10.2. The third-order valence-corrected chi connectivity index (χ3v) is 2.08. The van der Waals surface area contributed by atoms with Crippen molar-refractivity contribution in [2.75, 3.05) is 6.61 Å². The quantitative estimate of drug-likeness (QED) is 0.660. The first-order chi connectivity index (χ1) is 7.09. The van der Waals surface area contributed by atoms with Crippen molar-refractivity contribution in [3.63, 3.8) is 0 Å². The number of nitrogens with zero attached hydrogens (tertiary/aromatic N) is 1. The third-order valence-electron chi connectivity index (χ3n) is 1.68. The van der Waals surface area contributed by atoms with Gasteiger partial charge < -0.3 is 14.9 Å². The smallest absolute Gasteiger partial charge is 0.332 e. The van der Waals surface area contributed by atoms with Crippen LogP contribution in [0, 0.1) is 0 Å². The normalized spacial score (nSPS) is 12.7. The van der Waals surface area contributed by atoms with Crippen molar-refractivity contribution in [1.82, 2.24) is 10.2 Å². The molecule has 1 aromatic heterocycles. The van der Waals surface area contributed by atoms with Crippen molar-refractivity contribution in [3.8, 4) is 0 Å². The zero-order chi connectivity index (χ0) is 11.3. The summed E-state index contributed by atoms with van der Waals surface area (Å²) >= 11 is 3.17. The number of halogens is 1. The van der Waals surface area contributed by atoms with E-state index in [2.05, 4.69) is 26.1 Å².